The molecule has 1 saturated heterocycles. The highest BCUT2D eigenvalue weighted by Gasteiger charge is 2.43. The first kappa shape index (κ1) is 13.6. The van der Waals surface area contributed by atoms with Crippen molar-refractivity contribution >= 4 is 11.6 Å². The summed E-state index contributed by atoms with van der Waals surface area (Å²) in [4.78, 5) is 0. The first-order valence-corrected chi connectivity index (χ1v) is 5.50. The highest BCUT2D eigenvalue weighted by Crippen LogP contribution is 2.37. The summed E-state index contributed by atoms with van der Waals surface area (Å²) in [6.07, 6.45) is -7.09. The number of halogens is 5. The normalized spacial score (nSPS) is 20.8. The van der Waals surface area contributed by atoms with Crippen LogP contribution in [0.5, 0.6) is 0 Å². The maximum Gasteiger partial charge on any atom is 0.418 e. The van der Waals surface area contributed by atoms with E-state index >= 15 is 0 Å². The Morgan fingerprint density at radius 3 is 2.61 bits per heavy atom. The average molecular weight is 285 g/mol. The first-order chi connectivity index (χ1) is 8.38. The van der Waals surface area contributed by atoms with E-state index in [1.807, 2.05) is 0 Å². The van der Waals surface area contributed by atoms with Gasteiger partial charge in [-0.2, -0.15) is 13.2 Å². The number of rotatable bonds is 4. The Balaban J connectivity index is 2.17. The summed E-state index contributed by atoms with van der Waals surface area (Å²) in [7, 11) is 0. The standard InChI is InChI=1S/C11H9ClF4O2/c12-8-2-1-6(3-9(8)13)10(11(14,15)16)18-5-7-4-17-7/h1-3,7,10H,4-5H2. The van der Waals surface area contributed by atoms with Crippen molar-refractivity contribution in [1.29, 1.82) is 0 Å². The molecule has 2 atom stereocenters. The van der Waals surface area contributed by atoms with Crippen LogP contribution in [0, 0.1) is 5.82 Å². The third-order valence-corrected chi connectivity index (χ3v) is 2.70. The molecular weight excluding hydrogens is 276 g/mol. The van der Waals surface area contributed by atoms with Crippen LogP contribution in [0.15, 0.2) is 18.2 Å². The van der Waals surface area contributed by atoms with Crippen LogP contribution < -0.4 is 0 Å². The van der Waals surface area contributed by atoms with Crippen molar-refractivity contribution in [2.75, 3.05) is 13.2 Å². The predicted octanol–water partition coefficient (Wildman–Crippen LogP) is 3.50. The van der Waals surface area contributed by atoms with Gasteiger partial charge in [0.2, 0.25) is 0 Å². The Morgan fingerprint density at radius 2 is 2.11 bits per heavy atom. The summed E-state index contributed by atoms with van der Waals surface area (Å²) < 4.78 is 61.0. The smallest absolute Gasteiger partial charge is 0.371 e. The molecule has 1 aromatic rings. The van der Waals surface area contributed by atoms with Gasteiger partial charge in [-0.25, -0.2) is 4.39 Å². The number of hydrogen-bond acceptors (Lipinski definition) is 2. The van der Waals surface area contributed by atoms with Crippen LogP contribution in [0.4, 0.5) is 17.6 Å². The highest BCUT2D eigenvalue weighted by atomic mass is 35.5. The third kappa shape index (κ3) is 3.34. The monoisotopic (exact) mass is 284 g/mol. The molecule has 0 saturated carbocycles. The molecule has 0 bridgehead atoms. The molecule has 1 fully saturated rings. The van der Waals surface area contributed by atoms with Crippen LogP contribution in [0.2, 0.25) is 5.02 Å². The van der Waals surface area contributed by atoms with E-state index in [2.05, 4.69) is 0 Å². The summed E-state index contributed by atoms with van der Waals surface area (Å²) >= 11 is 5.42. The quantitative estimate of drug-likeness (QED) is 0.623. The van der Waals surface area contributed by atoms with Crippen molar-refractivity contribution in [3.8, 4) is 0 Å². The minimum atomic E-state index is -4.62. The molecule has 2 rings (SSSR count). The molecule has 0 N–H and O–H groups in total. The van der Waals surface area contributed by atoms with Crippen LogP contribution in [0.25, 0.3) is 0 Å². The van der Waals surface area contributed by atoms with Crippen molar-refractivity contribution in [3.63, 3.8) is 0 Å². The molecule has 0 aromatic heterocycles. The largest absolute Gasteiger partial charge is 0.418 e. The maximum absolute atomic E-state index is 13.2. The molecule has 2 nitrogen and oxygen atoms in total. The van der Waals surface area contributed by atoms with Crippen LogP contribution in [0.3, 0.4) is 0 Å². The summed E-state index contributed by atoms with van der Waals surface area (Å²) in [6, 6.07) is 2.90. The molecule has 100 valence electrons. The van der Waals surface area contributed by atoms with Gasteiger partial charge in [-0.3, -0.25) is 0 Å². The van der Waals surface area contributed by atoms with Gasteiger partial charge < -0.3 is 9.47 Å². The molecule has 0 amide bonds. The fraction of sp³-hybridized carbons (Fsp3) is 0.455. The lowest BCUT2D eigenvalue weighted by Crippen LogP contribution is -2.25. The zero-order valence-corrected chi connectivity index (χ0v) is 9.76. The first-order valence-electron chi connectivity index (χ1n) is 5.13. The van der Waals surface area contributed by atoms with E-state index in [0.717, 1.165) is 18.2 Å². The highest BCUT2D eigenvalue weighted by molar-refractivity contribution is 6.30. The van der Waals surface area contributed by atoms with Gasteiger partial charge >= 0.3 is 6.18 Å². The molecule has 0 radical (unpaired) electrons. The van der Waals surface area contributed by atoms with E-state index in [-0.39, 0.29) is 23.3 Å². The predicted molar refractivity (Wildman–Crippen MR) is 55.9 cm³/mol. The lowest BCUT2D eigenvalue weighted by Gasteiger charge is -2.21. The number of ether oxygens (including phenoxy) is 2. The summed E-state index contributed by atoms with van der Waals surface area (Å²) in [5.74, 6) is -0.908. The van der Waals surface area contributed by atoms with Gasteiger partial charge in [0.05, 0.1) is 18.2 Å². The van der Waals surface area contributed by atoms with Gasteiger partial charge in [0.1, 0.15) is 11.9 Å². The Morgan fingerprint density at radius 1 is 1.44 bits per heavy atom. The van der Waals surface area contributed by atoms with Crippen LogP contribution in [-0.4, -0.2) is 25.5 Å². The number of alkyl halides is 3. The van der Waals surface area contributed by atoms with Gasteiger partial charge in [0, 0.05) is 0 Å². The van der Waals surface area contributed by atoms with Gasteiger partial charge in [0.25, 0.3) is 0 Å². The van der Waals surface area contributed by atoms with Gasteiger partial charge in [-0.15, -0.1) is 0 Å². The fourth-order valence-corrected chi connectivity index (χ4v) is 1.54. The molecule has 1 heterocycles. The van der Waals surface area contributed by atoms with E-state index in [0.29, 0.717) is 6.61 Å². The second-order valence-electron chi connectivity index (χ2n) is 3.88. The van der Waals surface area contributed by atoms with E-state index in [1.54, 1.807) is 0 Å². The van der Waals surface area contributed by atoms with Crippen LogP contribution >= 0.6 is 11.6 Å². The maximum atomic E-state index is 13.2. The van der Waals surface area contributed by atoms with Gasteiger partial charge in [0.15, 0.2) is 6.10 Å². The van der Waals surface area contributed by atoms with Crippen molar-refractivity contribution < 1.29 is 27.0 Å². The number of epoxide rings is 1. The molecular formula is C11H9ClF4O2. The summed E-state index contributed by atoms with van der Waals surface area (Å²) in [5.41, 5.74) is -0.315. The summed E-state index contributed by atoms with van der Waals surface area (Å²) in [5, 5.41) is -0.231. The summed E-state index contributed by atoms with van der Waals surface area (Å²) in [6.45, 7) is 0.216. The molecule has 1 aromatic carbocycles. The van der Waals surface area contributed by atoms with Gasteiger partial charge in [-0.05, 0) is 17.7 Å². The van der Waals surface area contributed by atoms with Crippen LogP contribution in [0.1, 0.15) is 11.7 Å². The second-order valence-corrected chi connectivity index (χ2v) is 4.29. The fourth-order valence-electron chi connectivity index (χ4n) is 1.42. The average Bonchev–Trinajstić information content (AvgIpc) is 3.05. The van der Waals surface area contributed by atoms with E-state index in [4.69, 9.17) is 21.1 Å². The van der Waals surface area contributed by atoms with Crippen molar-refractivity contribution in [1.82, 2.24) is 0 Å². The molecule has 18 heavy (non-hydrogen) atoms. The molecule has 2 unspecified atom stereocenters. The van der Waals surface area contributed by atoms with Gasteiger partial charge in [-0.1, -0.05) is 17.7 Å². The topological polar surface area (TPSA) is 21.8 Å². The van der Waals surface area contributed by atoms with Crippen molar-refractivity contribution in [2.24, 2.45) is 0 Å². The zero-order valence-electron chi connectivity index (χ0n) is 9.01. The zero-order chi connectivity index (χ0) is 13.3. The minimum Gasteiger partial charge on any atom is -0.371 e. The van der Waals surface area contributed by atoms with Crippen molar-refractivity contribution in [2.45, 2.75) is 18.4 Å². The van der Waals surface area contributed by atoms with Crippen LogP contribution in [-0.2, 0) is 9.47 Å². The molecule has 7 heteroatoms. The lowest BCUT2D eigenvalue weighted by molar-refractivity contribution is -0.224. The SMILES string of the molecule is Fc1cc(C(OCC2CO2)C(F)(F)F)ccc1Cl. The second kappa shape index (κ2) is 5.03. The van der Waals surface area contributed by atoms with E-state index < -0.39 is 18.1 Å². The minimum absolute atomic E-state index is 0.172. The van der Waals surface area contributed by atoms with E-state index in [9.17, 15) is 17.6 Å². The Hall–Kier alpha value is -0.850. The number of hydrogen-bond donors (Lipinski definition) is 0. The number of benzene rings is 1. The Bertz CT molecular complexity index is 432. The van der Waals surface area contributed by atoms with Crippen molar-refractivity contribution in [3.05, 3.63) is 34.6 Å². The Kier molecular flexibility index (Phi) is 3.79. The molecule has 0 spiro atoms. The lowest BCUT2D eigenvalue weighted by atomic mass is 10.1. The molecule has 0 aliphatic carbocycles. The Labute approximate surface area is 105 Å². The third-order valence-electron chi connectivity index (χ3n) is 2.39. The van der Waals surface area contributed by atoms with E-state index in [1.165, 1.54) is 0 Å². The molecule has 1 aliphatic rings. The molecule has 1 aliphatic heterocycles.